The van der Waals surface area contributed by atoms with Gasteiger partial charge in [-0.25, -0.2) is 9.40 Å². The molecule has 0 saturated carbocycles. The average Bonchev–Trinajstić information content (AvgIpc) is 3.44. The predicted octanol–water partition coefficient (Wildman–Crippen LogP) is 5.65. The molecule has 2 amide bonds. The van der Waals surface area contributed by atoms with E-state index in [0.29, 0.717) is 49.1 Å². The van der Waals surface area contributed by atoms with Crippen LogP contribution in [-0.2, 0) is 15.7 Å². The molecular weight excluding hydrogens is 588 g/mol. The van der Waals surface area contributed by atoms with Gasteiger partial charge in [-0.15, -0.1) is 0 Å². The number of benzene rings is 3. The number of nitrogens with zero attached hydrogens (tertiary/aromatic N) is 4. The number of hydrogen-bond acceptors (Lipinski definition) is 5. The minimum absolute atomic E-state index is 0.00936. The van der Waals surface area contributed by atoms with E-state index in [1.54, 1.807) is 42.5 Å². The molecule has 1 fully saturated rings. The number of hydrogen-bond donors (Lipinski definition) is 0. The minimum atomic E-state index is -4.55. The Morgan fingerprint density at radius 2 is 1.65 bits per heavy atom. The molecule has 2 aliphatic rings. The Morgan fingerprint density at radius 1 is 0.977 bits per heavy atom. The van der Waals surface area contributed by atoms with Crippen LogP contribution in [0.15, 0.2) is 77.9 Å². The molecule has 2 heterocycles. The summed E-state index contributed by atoms with van der Waals surface area (Å²) >= 11 is 6.41. The molecule has 0 unspecified atom stereocenters. The highest BCUT2D eigenvalue weighted by molar-refractivity contribution is 6.34. The average molecular weight is 617 g/mol. The fraction of sp³-hybridized carbons (Fsp3) is 0.323. The van der Waals surface area contributed by atoms with Gasteiger partial charge < -0.3 is 9.64 Å². The van der Waals surface area contributed by atoms with Crippen LogP contribution in [0.25, 0.3) is 0 Å². The zero-order valence-electron chi connectivity index (χ0n) is 23.1. The number of carbonyl (C=O) groups is 2. The molecule has 0 aliphatic carbocycles. The Balaban J connectivity index is 1.43. The van der Waals surface area contributed by atoms with Crippen LogP contribution in [0.5, 0.6) is 0 Å². The van der Waals surface area contributed by atoms with Gasteiger partial charge in [0.1, 0.15) is 12.4 Å². The lowest BCUT2D eigenvalue weighted by Gasteiger charge is -2.31. The van der Waals surface area contributed by atoms with E-state index in [1.807, 2.05) is 0 Å². The van der Waals surface area contributed by atoms with Crippen LogP contribution in [0.1, 0.15) is 39.5 Å². The summed E-state index contributed by atoms with van der Waals surface area (Å²) in [7, 11) is 0. The van der Waals surface area contributed by atoms with Crippen molar-refractivity contribution >= 4 is 29.1 Å². The van der Waals surface area contributed by atoms with Crippen molar-refractivity contribution in [3.8, 4) is 0 Å². The highest BCUT2D eigenvalue weighted by Crippen LogP contribution is 2.36. The number of ether oxygens (including phenoxy) is 1. The van der Waals surface area contributed by atoms with E-state index in [2.05, 4.69) is 10.0 Å². The van der Waals surface area contributed by atoms with Crippen LogP contribution in [0.3, 0.4) is 0 Å². The summed E-state index contributed by atoms with van der Waals surface area (Å²) in [5, 5.41) is 6.15. The van der Waals surface area contributed by atoms with Gasteiger partial charge in [-0.1, -0.05) is 48.0 Å². The zero-order chi connectivity index (χ0) is 30.6. The summed E-state index contributed by atoms with van der Waals surface area (Å²) in [5.74, 6) is -1.68. The van der Waals surface area contributed by atoms with E-state index in [0.717, 1.165) is 24.3 Å². The quantitative estimate of drug-likeness (QED) is 0.307. The maximum Gasteiger partial charge on any atom is 0.416 e. The Hall–Kier alpha value is -3.80. The first kappa shape index (κ1) is 30.7. The highest BCUT2D eigenvalue weighted by atomic mass is 35.5. The topological polar surface area (TPSA) is 65.5 Å². The maximum absolute atomic E-state index is 15.0. The van der Waals surface area contributed by atoms with E-state index < -0.39 is 42.0 Å². The van der Waals surface area contributed by atoms with Gasteiger partial charge in [-0.3, -0.25) is 14.5 Å². The smallest absolute Gasteiger partial charge is 0.379 e. The van der Waals surface area contributed by atoms with Crippen molar-refractivity contribution in [2.75, 3.05) is 45.9 Å². The van der Waals surface area contributed by atoms with Crippen molar-refractivity contribution in [3.05, 3.63) is 106 Å². The Kier molecular flexibility index (Phi) is 9.43. The molecule has 7 nitrogen and oxygen atoms in total. The third-order valence-electron chi connectivity index (χ3n) is 7.48. The van der Waals surface area contributed by atoms with Gasteiger partial charge in [-0.05, 0) is 36.4 Å². The number of morpholine rings is 1. The SMILES string of the molecule is O=C(c1ccc(C(F)(F)F)cc1)N(CCN1CCOCC1)CC(=O)N1N=C(c2ccccc2Cl)C[C@@H]1c1ccccc1F. The van der Waals surface area contributed by atoms with Crippen molar-refractivity contribution in [1.82, 2.24) is 14.8 Å². The molecule has 0 N–H and O–H groups in total. The second kappa shape index (κ2) is 13.2. The lowest BCUT2D eigenvalue weighted by Crippen LogP contribution is -2.46. The molecule has 0 radical (unpaired) electrons. The van der Waals surface area contributed by atoms with E-state index in [9.17, 15) is 27.2 Å². The zero-order valence-corrected chi connectivity index (χ0v) is 23.8. The fourth-order valence-electron chi connectivity index (χ4n) is 5.15. The summed E-state index contributed by atoms with van der Waals surface area (Å²) in [4.78, 5) is 30.8. The molecule has 12 heteroatoms. The Bertz CT molecular complexity index is 1490. The van der Waals surface area contributed by atoms with Crippen LogP contribution in [0.4, 0.5) is 17.6 Å². The van der Waals surface area contributed by atoms with Gasteiger partial charge in [0.25, 0.3) is 11.8 Å². The predicted molar refractivity (Wildman–Crippen MR) is 153 cm³/mol. The number of rotatable bonds is 8. The highest BCUT2D eigenvalue weighted by Gasteiger charge is 2.36. The van der Waals surface area contributed by atoms with E-state index in [4.69, 9.17) is 16.3 Å². The second-order valence-electron chi connectivity index (χ2n) is 10.3. The first-order chi connectivity index (χ1) is 20.6. The Labute approximate surface area is 251 Å². The molecule has 43 heavy (non-hydrogen) atoms. The number of amides is 2. The van der Waals surface area contributed by atoms with Crippen molar-refractivity contribution in [3.63, 3.8) is 0 Å². The van der Waals surface area contributed by atoms with Crippen molar-refractivity contribution in [2.24, 2.45) is 5.10 Å². The number of halogens is 5. The van der Waals surface area contributed by atoms with E-state index in [1.165, 1.54) is 16.0 Å². The van der Waals surface area contributed by atoms with Gasteiger partial charge in [0.2, 0.25) is 0 Å². The molecule has 226 valence electrons. The first-order valence-electron chi connectivity index (χ1n) is 13.8. The monoisotopic (exact) mass is 616 g/mol. The lowest BCUT2D eigenvalue weighted by atomic mass is 9.98. The van der Waals surface area contributed by atoms with Crippen LogP contribution >= 0.6 is 11.6 Å². The normalized spacial score (nSPS) is 17.6. The summed E-state index contributed by atoms with van der Waals surface area (Å²) in [6, 6.07) is 16.2. The fourth-order valence-corrected chi connectivity index (χ4v) is 5.39. The number of carbonyl (C=O) groups excluding carboxylic acids is 2. The minimum Gasteiger partial charge on any atom is -0.379 e. The summed E-state index contributed by atoms with van der Waals surface area (Å²) < 4.78 is 59.7. The second-order valence-corrected chi connectivity index (χ2v) is 10.7. The molecule has 2 aliphatic heterocycles. The molecule has 0 spiro atoms. The van der Waals surface area contributed by atoms with Crippen LogP contribution in [0, 0.1) is 5.82 Å². The molecule has 3 aromatic carbocycles. The van der Waals surface area contributed by atoms with Crippen LogP contribution in [-0.4, -0.2) is 78.3 Å². The molecule has 0 bridgehead atoms. The van der Waals surface area contributed by atoms with Crippen molar-refractivity contribution < 1.29 is 31.9 Å². The van der Waals surface area contributed by atoms with Crippen molar-refractivity contribution in [1.29, 1.82) is 0 Å². The number of hydrazone groups is 1. The summed E-state index contributed by atoms with van der Waals surface area (Å²) in [6.07, 6.45) is -4.36. The van der Waals surface area contributed by atoms with Gasteiger partial charge in [0.05, 0.1) is 30.5 Å². The van der Waals surface area contributed by atoms with Gasteiger partial charge >= 0.3 is 6.18 Å². The van der Waals surface area contributed by atoms with Crippen molar-refractivity contribution in [2.45, 2.75) is 18.6 Å². The third-order valence-corrected chi connectivity index (χ3v) is 7.81. The van der Waals surface area contributed by atoms with E-state index >= 15 is 0 Å². The Morgan fingerprint density at radius 3 is 2.33 bits per heavy atom. The largest absolute Gasteiger partial charge is 0.416 e. The lowest BCUT2D eigenvalue weighted by molar-refractivity contribution is -0.137. The summed E-state index contributed by atoms with van der Waals surface area (Å²) in [5.41, 5.74) is 0.476. The number of alkyl halides is 3. The van der Waals surface area contributed by atoms with E-state index in [-0.39, 0.29) is 24.1 Å². The molecule has 5 rings (SSSR count). The third kappa shape index (κ3) is 7.23. The molecule has 0 aromatic heterocycles. The van der Waals surface area contributed by atoms with Crippen LogP contribution in [0.2, 0.25) is 5.02 Å². The van der Waals surface area contributed by atoms with Gasteiger partial charge in [0, 0.05) is 54.3 Å². The summed E-state index contributed by atoms with van der Waals surface area (Å²) in [6.45, 7) is 2.48. The van der Waals surface area contributed by atoms with Crippen LogP contribution < -0.4 is 0 Å². The molecule has 3 aromatic rings. The molecule has 1 saturated heterocycles. The molecular formula is C31H29ClF4N4O3. The molecule has 1 atom stereocenters. The van der Waals surface area contributed by atoms with Gasteiger partial charge in [-0.2, -0.15) is 18.3 Å². The van der Waals surface area contributed by atoms with Gasteiger partial charge in [0.15, 0.2) is 0 Å². The first-order valence-corrected chi connectivity index (χ1v) is 14.1. The standard InChI is InChI=1S/C31H29ClF4N4O3/c32-25-7-3-1-5-23(25)27-19-28(24-6-2-4-8-26(24)33)40(37-27)29(41)20-39(14-13-38-15-17-43-18-16-38)30(42)21-9-11-22(12-10-21)31(34,35)36/h1-12,28H,13-20H2/t28-/m1/s1. The maximum atomic E-state index is 15.0.